The number of carbonyl (C=O) groups is 2. The second kappa shape index (κ2) is 6.60. The average molecular weight is 346 g/mol. The van der Waals surface area contributed by atoms with E-state index in [0.29, 0.717) is 11.1 Å². The lowest BCUT2D eigenvalue weighted by Crippen LogP contribution is -2.24. The summed E-state index contributed by atoms with van der Waals surface area (Å²) in [5, 5.41) is 42.4. The fourth-order valence-electron chi connectivity index (χ4n) is 2.74. The first kappa shape index (κ1) is 17.9. The van der Waals surface area contributed by atoms with E-state index in [1.54, 1.807) is 38.1 Å². The van der Waals surface area contributed by atoms with Crippen molar-refractivity contribution in [2.24, 2.45) is 0 Å². The first-order valence-corrected chi connectivity index (χ1v) is 7.29. The van der Waals surface area contributed by atoms with Gasteiger partial charge in [-0.2, -0.15) is 0 Å². The number of hydrogen-bond donors (Lipinski definition) is 6. The van der Waals surface area contributed by atoms with Gasteiger partial charge in [0.1, 0.15) is 11.5 Å². The van der Waals surface area contributed by atoms with Crippen molar-refractivity contribution in [2.45, 2.75) is 19.3 Å². The van der Waals surface area contributed by atoms with E-state index in [4.69, 9.17) is 10.2 Å². The number of para-hydroxylation sites is 2. The molecule has 0 heterocycles. The van der Waals surface area contributed by atoms with Crippen LogP contribution in [0.3, 0.4) is 0 Å². The standard InChI is InChI=1S/C17H18N2O6/c1-17(2,9-5-3-7-11(20)13(9)18-15(22)23)10-6-4-8-12(21)14(10)19-16(24)25/h3-8,18-21H,1-2H3,(H,22,23)(H,24,25). The normalized spacial score (nSPS) is 11.0. The van der Waals surface area contributed by atoms with Crippen LogP contribution in [0.2, 0.25) is 0 Å². The summed E-state index contributed by atoms with van der Waals surface area (Å²) in [4.78, 5) is 22.1. The number of benzene rings is 2. The summed E-state index contributed by atoms with van der Waals surface area (Å²) in [7, 11) is 0. The molecule has 2 rings (SSSR count). The van der Waals surface area contributed by atoms with Gasteiger partial charge in [-0.3, -0.25) is 10.6 Å². The molecule has 0 unspecified atom stereocenters. The molecule has 0 saturated carbocycles. The number of nitrogens with one attached hydrogen (secondary N) is 2. The van der Waals surface area contributed by atoms with E-state index >= 15 is 0 Å². The fourth-order valence-corrected chi connectivity index (χ4v) is 2.74. The van der Waals surface area contributed by atoms with E-state index in [1.807, 2.05) is 0 Å². The maximum Gasteiger partial charge on any atom is 0.409 e. The third kappa shape index (κ3) is 3.57. The Morgan fingerprint density at radius 2 is 1.16 bits per heavy atom. The third-order valence-electron chi connectivity index (χ3n) is 3.90. The first-order chi connectivity index (χ1) is 11.6. The van der Waals surface area contributed by atoms with Gasteiger partial charge in [0.2, 0.25) is 0 Å². The van der Waals surface area contributed by atoms with Crippen LogP contribution in [-0.4, -0.2) is 32.6 Å². The Labute approximate surface area is 143 Å². The minimum Gasteiger partial charge on any atom is -0.506 e. The van der Waals surface area contributed by atoms with Gasteiger partial charge in [0.25, 0.3) is 0 Å². The summed E-state index contributed by atoms with van der Waals surface area (Å²) >= 11 is 0. The molecular formula is C17H18N2O6. The number of hydrogen-bond acceptors (Lipinski definition) is 4. The zero-order valence-electron chi connectivity index (χ0n) is 13.6. The van der Waals surface area contributed by atoms with Gasteiger partial charge >= 0.3 is 12.2 Å². The van der Waals surface area contributed by atoms with Crippen molar-refractivity contribution in [3.63, 3.8) is 0 Å². The highest BCUT2D eigenvalue weighted by molar-refractivity contribution is 5.89. The molecule has 132 valence electrons. The van der Waals surface area contributed by atoms with E-state index in [0.717, 1.165) is 0 Å². The predicted octanol–water partition coefficient (Wildman–Crippen LogP) is 3.60. The molecular weight excluding hydrogens is 328 g/mol. The summed E-state index contributed by atoms with van der Waals surface area (Å²) in [5.74, 6) is -0.526. The zero-order chi connectivity index (χ0) is 18.8. The van der Waals surface area contributed by atoms with Gasteiger partial charge in [-0.25, -0.2) is 9.59 Å². The largest absolute Gasteiger partial charge is 0.506 e. The number of phenols is 2. The monoisotopic (exact) mass is 346 g/mol. The van der Waals surface area contributed by atoms with Crippen molar-refractivity contribution >= 4 is 23.6 Å². The van der Waals surface area contributed by atoms with E-state index in [9.17, 15) is 19.8 Å². The van der Waals surface area contributed by atoms with Crippen molar-refractivity contribution in [1.29, 1.82) is 0 Å². The number of rotatable bonds is 4. The lowest BCUT2D eigenvalue weighted by molar-refractivity contribution is 0.208. The van der Waals surface area contributed by atoms with Crippen molar-refractivity contribution in [3.8, 4) is 11.5 Å². The third-order valence-corrected chi connectivity index (χ3v) is 3.90. The van der Waals surface area contributed by atoms with Crippen LogP contribution in [0.5, 0.6) is 11.5 Å². The maximum atomic E-state index is 11.1. The summed E-state index contributed by atoms with van der Waals surface area (Å²) < 4.78 is 0. The van der Waals surface area contributed by atoms with Crippen LogP contribution in [0, 0.1) is 0 Å². The van der Waals surface area contributed by atoms with Crippen molar-refractivity contribution in [1.82, 2.24) is 0 Å². The molecule has 2 aromatic carbocycles. The second-order valence-electron chi connectivity index (χ2n) is 5.88. The van der Waals surface area contributed by atoms with Crippen LogP contribution < -0.4 is 10.6 Å². The molecule has 2 aromatic rings. The van der Waals surface area contributed by atoms with Gasteiger partial charge < -0.3 is 20.4 Å². The topological polar surface area (TPSA) is 139 Å². The Hall–Kier alpha value is -3.42. The molecule has 25 heavy (non-hydrogen) atoms. The molecule has 0 aliphatic rings. The van der Waals surface area contributed by atoms with Crippen LogP contribution in [-0.2, 0) is 5.41 Å². The van der Waals surface area contributed by atoms with Crippen LogP contribution in [0.4, 0.5) is 21.0 Å². The average Bonchev–Trinajstić information content (AvgIpc) is 2.50. The van der Waals surface area contributed by atoms with E-state index < -0.39 is 17.6 Å². The van der Waals surface area contributed by atoms with Crippen molar-refractivity contribution in [2.75, 3.05) is 10.6 Å². The van der Waals surface area contributed by atoms with Crippen LogP contribution in [0.25, 0.3) is 0 Å². The summed E-state index contributed by atoms with van der Waals surface area (Å²) in [6.07, 6.45) is -2.70. The second-order valence-corrected chi connectivity index (χ2v) is 5.88. The minimum absolute atomic E-state index is 0.00961. The first-order valence-electron chi connectivity index (χ1n) is 7.29. The van der Waals surface area contributed by atoms with Gasteiger partial charge in [0.15, 0.2) is 0 Å². The van der Waals surface area contributed by atoms with Gasteiger partial charge in [0.05, 0.1) is 11.4 Å². The molecule has 0 fully saturated rings. The summed E-state index contributed by atoms with van der Waals surface area (Å²) in [5.41, 5.74) is -0.148. The maximum absolute atomic E-state index is 11.1. The quantitative estimate of drug-likeness (QED) is 0.468. The molecule has 0 aromatic heterocycles. The van der Waals surface area contributed by atoms with E-state index in [1.165, 1.54) is 12.1 Å². The van der Waals surface area contributed by atoms with E-state index in [-0.39, 0.29) is 22.9 Å². The molecule has 0 saturated heterocycles. The van der Waals surface area contributed by atoms with Gasteiger partial charge in [0, 0.05) is 5.41 Å². The Bertz CT molecular complexity index is 764. The molecule has 8 heteroatoms. The van der Waals surface area contributed by atoms with Crippen molar-refractivity contribution in [3.05, 3.63) is 47.5 Å². The number of carboxylic acid groups (broad SMARTS) is 2. The van der Waals surface area contributed by atoms with Crippen LogP contribution in [0.1, 0.15) is 25.0 Å². The molecule has 8 nitrogen and oxygen atoms in total. The fraction of sp³-hybridized carbons (Fsp3) is 0.176. The number of anilines is 2. The number of aromatic hydroxyl groups is 2. The van der Waals surface area contributed by atoms with Gasteiger partial charge in [-0.1, -0.05) is 38.1 Å². The summed E-state index contributed by atoms with van der Waals surface area (Å²) in [6.45, 7) is 3.44. The molecule has 0 aliphatic heterocycles. The van der Waals surface area contributed by atoms with Gasteiger partial charge in [-0.05, 0) is 23.3 Å². The molecule has 6 N–H and O–H groups in total. The molecule has 0 radical (unpaired) electrons. The van der Waals surface area contributed by atoms with Gasteiger partial charge in [-0.15, -0.1) is 0 Å². The SMILES string of the molecule is CC(C)(c1cccc(O)c1NC(=O)O)c1cccc(O)c1NC(=O)O. The molecule has 0 bridgehead atoms. The molecule has 0 spiro atoms. The van der Waals surface area contributed by atoms with E-state index in [2.05, 4.69) is 10.6 Å². The molecule has 0 aliphatic carbocycles. The summed E-state index contributed by atoms with van der Waals surface area (Å²) in [6, 6.07) is 8.99. The zero-order valence-corrected chi connectivity index (χ0v) is 13.6. The van der Waals surface area contributed by atoms with Crippen LogP contribution in [0.15, 0.2) is 36.4 Å². The Morgan fingerprint density at radius 3 is 1.48 bits per heavy atom. The highest BCUT2D eigenvalue weighted by atomic mass is 16.4. The Kier molecular flexibility index (Phi) is 4.73. The lowest BCUT2D eigenvalue weighted by atomic mass is 9.76. The number of phenolic OH excluding ortho intramolecular Hbond substituents is 2. The molecule has 0 atom stereocenters. The lowest BCUT2D eigenvalue weighted by Gasteiger charge is -2.30. The predicted molar refractivity (Wildman–Crippen MR) is 91.6 cm³/mol. The Morgan fingerprint density at radius 1 is 0.800 bits per heavy atom. The smallest absolute Gasteiger partial charge is 0.409 e. The molecule has 2 amide bonds. The minimum atomic E-state index is -1.35. The van der Waals surface area contributed by atoms with Crippen molar-refractivity contribution < 1.29 is 30.0 Å². The number of amides is 2. The van der Waals surface area contributed by atoms with Crippen LogP contribution >= 0.6 is 0 Å². The highest BCUT2D eigenvalue weighted by Crippen LogP contribution is 2.44. The Balaban J connectivity index is 2.68. The highest BCUT2D eigenvalue weighted by Gasteiger charge is 2.31.